The summed E-state index contributed by atoms with van der Waals surface area (Å²) >= 11 is 6.48. The first-order valence-corrected chi connectivity index (χ1v) is 14.5. The fraction of sp³-hybridized carbons (Fsp3) is 0.393. The standard InChI is InChI=1S/C28H29ClF3N9O3/c29-20-9-16(37-24-25-35-13-22(41(25)8-7-33-24)19-12-36-40-23(19)28(30,31)32)5-6-18(20)26(43)38-14-1-3-15(4-2-14)39-27(44)21-10-17(42)11-34-21/h5-9,12-15,17,21,34,42H,1-4,10-11H2,(H,33,37)(H,36,40)(H,38,43)(H,39,44)/t14?,15?,17-,21+/m1/s1. The number of alkyl halides is 3. The van der Waals surface area contributed by atoms with Gasteiger partial charge in [-0.25, -0.2) is 9.97 Å². The first-order chi connectivity index (χ1) is 21.1. The molecule has 0 bridgehead atoms. The fourth-order valence-electron chi connectivity index (χ4n) is 5.68. The number of hydrogen-bond acceptors (Lipinski definition) is 8. The summed E-state index contributed by atoms with van der Waals surface area (Å²) in [5.41, 5.74) is 0.103. The molecular weight excluding hydrogens is 603 g/mol. The van der Waals surface area contributed by atoms with E-state index in [0.29, 0.717) is 44.3 Å². The van der Waals surface area contributed by atoms with Crippen molar-refractivity contribution >= 4 is 40.6 Å². The van der Waals surface area contributed by atoms with Crippen molar-refractivity contribution < 1.29 is 27.9 Å². The number of carbonyl (C=O) groups is 2. The van der Waals surface area contributed by atoms with Crippen LogP contribution in [0.4, 0.5) is 24.7 Å². The lowest BCUT2D eigenvalue weighted by Crippen LogP contribution is -2.48. The first kappa shape index (κ1) is 29.8. The number of aliphatic hydroxyl groups is 1. The summed E-state index contributed by atoms with van der Waals surface area (Å²) in [4.78, 5) is 34.0. The topological polar surface area (TPSA) is 161 Å². The molecule has 16 heteroatoms. The highest BCUT2D eigenvalue weighted by atomic mass is 35.5. The number of hydrogen-bond donors (Lipinski definition) is 6. The Morgan fingerprint density at radius 2 is 1.82 bits per heavy atom. The number of rotatable bonds is 7. The predicted molar refractivity (Wildman–Crippen MR) is 154 cm³/mol. The van der Waals surface area contributed by atoms with Crippen LogP contribution in [0.15, 0.2) is 43.0 Å². The third kappa shape index (κ3) is 6.21. The lowest BCUT2D eigenvalue weighted by molar-refractivity contribution is -0.140. The van der Waals surface area contributed by atoms with Gasteiger partial charge in [-0.15, -0.1) is 0 Å². The first-order valence-electron chi connectivity index (χ1n) is 14.1. The molecule has 6 N–H and O–H groups in total. The van der Waals surface area contributed by atoms with Crippen LogP contribution in [0.3, 0.4) is 0 Å². The SMILES string of the molecule is O=C(NC1CCC(NC(=O)[C@@H]2C[C@@H](O)CN2)CC1)c1ccc(Nc2nccn3c(-c4cn[nH]c4C(F)(F)F)cnc23)cc1Cl. The maximum Gasteiger partial charge on any atom is 0.433 e. The minimum absolute atomic E-state index is 0.0136. The summed E-state index contributed by atoms with van der Waals surface area (Å²) in [7, 11) is 0. The van der Waals surface area contributed by atoms with Crippen molar-refractivity contribution in [2.24, 2.45) is 0 Å². The van der Waals surface area contributed by atoms with Gasteiger partial charge in [0.05, 0.1) is 46.4 Å². The zero-order chi connectivity index (χ0) is 31.0. The summed E-state index contributed by atoms with van der Waals surface area (Å²) in [6.45, 7) is 0.413. The molecule has 4 aromatic rings. The van der Waals surface area contributed by atoms with Gasteiger partial charge in [-0.3, -0.25) is 19.1 Å². The van der Waals surface area contributed by atoms with Gasteiger partial charge in [0.15, 0.2) is 11.5 Å². The number of aromatic nitrogens is 5. The van der Waals surface area contributed by atoms with Crippen LogP contribution in [-0.2, 0) is 11.0 Å². The molecule has 2 aliphatic rings. The van der Waals surface area contributed by atoms with Crippen LogP contribution >= 0.6 is 11.6 Å². The molecule has 12 nitrogen and oxygen atoms in total. The molecule has 2 atom stereocenters. The third-order valence-electron chi connectivity index (χ3n) is 7.94. The van der Waals surface area contributed by atoms with E-state index in [1.807, 2.05) is 5.10 Å². The largest absolute Gasteiger partial charge is 0.433 e. The van der Waals surface area contributed by atoms with E-state index in [0.717, 1.165) is 6.20 Å². The van der Waals surface area contributed by atoms with E-state index >= 15 is 0 Å². The number of H-pyrrole nitrogens is 1. The number of halogens is 4. The molecular formula is C28H29ClF3N9O3. The molecule has 232 valence electrons. The summed E-state index contributed by atoms with van der Waals surface area (Å²) < 4.78 is 41.7. The van der Waals surface area contributed by atoms with Gasteiger partial charge in [0.1, 0.15) is 5.69 Å². The van der Waals surface area contributed by atoms with Crippen LogP contribution in [0.1, 0.15) is 48.2 Å². The number of aliphatic hydroxyl groups excluding tert-OH is 1. The Labute approximate surface area is 253 Å². The van der Waals surface area contributed by atoms with Crippen LogP contribution in [0, 0.1) is 0 Å². The number of nitrogens with zero attached hydrogens (tertiary/aromatic N) is 4. The van der Waals surface area contributed by atoms with E-state index in [-0.39, 0.29) is 63.2 Å². The quantitative estimate of drug-likeness (QED) is 0.181. The second-order valence-corrected chi connectivity index (χ2v) is 11.4. The number of fused-ring (bicyclic) bond motifs is 1. The van der Waals surface area contributed by atoms with Gasteiger partial charge in [-0.2, -0.15) is 18.3 Å². The Hall–Kier alpha value is -4.21. The van der Waals surface area contributed by atoms with E-state index in [9.17, 15) is 27.9 Å². The number of anilines is 2. The normalized spacial score (nSPS) is 22.2. The van der Waals surface area contributed by atoms with Crippen molar-refractivity contribution in [2.75, 3.05) is 11.9 Å². The second-order valence-electron chi connectivity index (χ2n) is 11.0. The van der Waals surface area contributed by atoms with Gasteiger partial charge in [0, 0.05) is 36.7 Å². The molecule has 1 aromatic carbocycles. The van der Waals surface area contributed by atoms with E-state index in [4.69, 9.17) is 11.6 Å². The lowest BCUT2D eigenvalue weighted by atomic mass is 9.90. The lowest BCUT2D eigenvalue weighted by Gasteiger charge is -2.30. The smallest absolute Gasteiger partial charge is 0.392 e. The predicted octanol–water partition coefficient (Wildman–Crippen LogP) is 3.42. The average Bonchev–Trinajstić information content (AvgIpc) is 3.74. The molecule has 4 heterocycles. The van der Waals surface area contributed by atoms with Crippen molar-refractivity contribution in [3.05, 3.63) is 59.3 Å². The Morgan fingerprint density at radius 1 is 1.07 bits per heavy atom. The Morgan fingerprint density at radius 3 is 2.50 bits per heavy atom. The molecule has 3 aromatic heterocycles. The minimum atomic E-state index is -4.62. The number of carbonyl (C=O) groups excluding carboxylic acids is 2. The molecule has 1 saturated carbocycles. The van der Waals surface area contributed by atoms with Crippen molar-refractivity contribution in [2.45, 2.75) is 62.5 Å². The molecule has 1 aliphatic heterocycles. The van der Waals surface area contributed by atoms with Crippen LogP contribution in [0.2, 0.25) is 5.02 Å². The number of imidazole rings is 1. The van der Waals surface area contributed by atoms with Crippen molar-refractivity contribution in [1.29, 1.82) is 0 Å². The monoisotopic (exact) mass is 631 g/mol. The van der Waals surface area contributed by atoms with E-state index in [2.05, 4.69) is 36.3 Å². The number of aromatic amines is 1. The van der Waals surface area contributed by atoms with E-state index in [1.165, 1.54) is 23.0 Å². The molecule has 1 saturated heterocycles. The summed E-state index contributed by atoms with van der Waals surface area (Å²) in [5.74, 6) is -0.160. The van der Waals surface area contributed by atoms with Gasteiger partial charge >= 0.3 is 6.18 Å². The van der Waals surface area contributed by atoms with Gasteiger partial charge in [0.2, 0.25) is 5.91 Å². The minimum Gasteiger partial charge on any atom is -0.392 e. The zero-order valence-electron chi connectivity index (χ0n) is 23.2. The average molecular weight is 632 g/mol. The van der Waals surface area contributed by atoms with Gasteiger partial charge in [0.25, 0.3) is 5.91 Å². The highest BCUT2D eigenvalue weighted by molar-refractivity contribution is 6.34. The molecule has 2 fully saturated rings. The van der Waals surface area contributed by atoms with Crippen molar-refractivity contribution in [3.63, 3.8) is 0 Å². The highest BCUT2D eigenvalue weighted by Gasteiger charge is 2.37. The van der Waals surface area contributed by atoms with E-state index in [1.54, 1.807) is 18.2 Å². The highest BCUT2D eigenvalue weighted by Crippen LogP contribution is 2.36. The third-order valence-corrected chi connectivity index (χ3v) is 8.25. The van der Waals surface area contributed by atoms with Crippen LogP contribution in [-0.4, -0.2) is 72.3 Å². The molecule has 44 heavy (non-hydrogen) atoms. The summed E-state index contributed by atoms with van der Waals surface area (Å²) in [6, 6.07) is 4.35. The zero-order valence-corrected chi connectivity index (χ0v) is 23.9. The molecule has 6 rings (SSSR count). The molecule has 0 radical (unpaired) electrons. The van der Waals surface area contributed by atoms with Crippen molar-refractivity contribution in [1.82, 2.24) is 40.5 Å². The van der Waals surface area contributed by atoms with Crippen molar-refractivity contribution in [3.8, 4) is 11.3 Å². The Kier molecular flexibility index (Phi) is 8.18. The molecule has 0 unspecified atom stereocenters. The van der Waals surface area contributed by atoms with Crippen LogP contribution < -0.4 is 21.3 Å². The van der Waals surface area contributed by atoms with E-state index < -0.39 is 18.0 Å². The number of amides is 2. The molecule has 2 amide bonds. The van der Waals surface area contributed by atoms with Crippen LogP contribution in [0.25, 0.3) is 16.9 Å². The molecule has 1 aliphatic carbocycles. The summed E-state index contributed by atoms with van der Waals surface area (Å²) in [6.07, 6.45) is 3.42. The maximum atomic E-state index is 13.4. The maximum absolute atomic E-state index is 13.4. The van der Waals surface area contributed by atoms with Gasteiger partial charge in [-0.05, 0) is 50.3 Å². The molecule has 0 spiro atoms. The fourth-order valence-corrected chi connectivity index (χ4v) is 5.95. The van der Waals surface area contributed by atoms with Crippen LogP contribution in [0.5, 0.6) is 0 Å². The number of nitrogens with one attached hydrogen (secondary N) is 5. The second kappa shape index (κ2) is 12.1. The van der Waals surface area contributed by atoms with Gasteiger partial charge < -0.3 is 26.4 Å². The Bertz CT molecular complexity index is 1680. The van der Waals surface area contributed by atoms with Gasteiger partial charge in [-0.1, -0.05) is 11.6 Å². The number of benzene rings is 1. The summed E-state index contributed by atoms with van der Waals surface area (Å²) in [5, 5.41) is 27.5. The number of β-amino-alcohol motifs (C(OH)–C–C–N with tert-alkyl or cyclic N) is 1. The Balaban J connectivity index is 1.08.